The van der Waals surface area contributed by atoms with Crippen LogP contribution < -0.4 is 5.73 Å². The van der Waals surface area contributed by atoms with Gasteiger partial charge in [-0.05, 0) is 23.6 Å². The van der Waals surface area contributed by atoms with Gasteiger partial charge in [0.2, 0.25) is 10.0 Å². The number of ether oxygens (including phenoxy) is 1. The Morgan fingerprint density at radius 3 is 2.29 bits per heavy atom. The van der Waals surface area contributed by atoms with Crippen molar-refractivity contribution in [2.24, 2.45) is 5.41 Å². The molecular weight excluding hydrogens is 332 g/mol. The molecule has 8 heteroatoms. The van der Waals surface area contributed by atoms with E-state index in [2.05, 4.69) is 0 Å². The molecule has 0 spiro atoms. The van der Waals surface area contributed by atoms with Gasteiger partial charge in [-0.3, -0.25) is 4.79 Å². The van der Waals surface area contributed by atoms with Crippen molar-refractivity contribution in [1.82, 2.24) is 4.31 Å². The van der Waals surface area contributed by atoms with Crippen molar-refractivity contribution in [1.29, 1.82) is 0 Å². The van der Waals surface area contributed by atoms with Gasteiger partial charge in [-0.2, -0.15) is 4.31 Å². The lowest BCUT2D eigenvalue weighted by molar-refractivity contribution is -0.139. The molecule has 0 amide bonds. The number of aliphatic carboxylic acids is 1. The van der Waals surface area contributed by atoms with Crippen LogP contribution in [0.1, 0.15) is 27.2 Å². The number of nitrogen functional groups attached to an aromatic ring is 1. The van der Waals surface area contributed by atoms with Crippen LogP contribution in [0.25, 0.3) is 0 Å². The van der Waals surface area contributed by atoms with Gasteiger partial charge in [-0.25, -0.2) is 8.42 Å². The predicted molar refractivity (Wildman–Crippen MR) is 92.1 cm³/mol. The number of benzene rings is 1. The van der Waals surface area contributed by atoms with Crippen molar-refractivity contribution < 1.29 is 23.1 Å². The molecular formula is C16H26N2O5S. The lowest BCUT2D eigenvalue weighted by Crippen LogP contribution is -2.40. The molecule has 0 unspecified atom stereocenters. The van der Waals surface area contributed by atoms with Crippen LogP contribution in [0.4, 0.5) is 5.69 Å². The van der Waals surface area contributed by atoms with Crippen molar-refractivity contribution in [3.05, 3.63) is 24.3 Å². The number of carbonyl (C=O) groups is 1. The van der Waals surface area contributed by atoms with Crippen LogP contribution in [-0.4, -0.2) is 50.1 Å². The number of rotatable bonds is 3. The first-order valence-electron chi connectivity index (χ1n) is 7.67. The fraction of sp³-hybridized carbons (Fsp3) is 0.562. The molecule has 0 saturated carbocycles. The molecule has 136 valence electrons. The largest absolute Gasteiger partial charge is 0.481 e. The molecule has 24 heavy (non-hydrogen) atoms. The summed E-state index contributed by atoms with van der Waals surface area (Å²) in [5.41, 5.74) is 5.95. The highest BCUT2D eigenvalue weighted by Crippen LogP contribution is 2.19. The molecule has 0 aliphatic carbocycles. The molecule has 1 aromatic rings. The van der Waals surface area contributed by atoms with Crippen LogP contribution in [0.15, 0.2) is 29.2 Å². The molecule has 0 radical (unpaired) electrons. The third-order valence-electron chi connectivity index (χ3n) is 3.15. The first kappa shape index (κ1) is 20.4. The van der Waals surface area contributed by atoms with Gasteiger partial charge >= 0.3 is 5.97 Å². The second-order valence-electron chi connectivity index (χ2n) is 6.72. The number of carboxylic acids is 1. The summed E-state index contributed by atoms with van der Waals surface area (Å²) in [6, 6.07) is 6.34. The maximum atomic E-state index is 12.2. The minimum Gasteiger partial charge on any atom is -0.481 e. The summed E-state index contributed by atoms with van der Waals surface area (Å²) in [5, 5.41) is 8.25. The van der Waals surface area contributed by atoms with Gasteiger partial charge < -0.3 is 15.6 Å². The van der Waals surface area contributed by atoms with Crippen LogP contribution in [0.3, 0.4) is 0 Å². The first-order valence-corrected chi connectivity index (χ1v) is 9.11. The molecule has 1 aliphatic heterocycles. The Morgan fingerprint density at radius 1 is 1.29 bits per heavy atom. The molecule has 1 fully saturated rings. The summed E-state index contributed by atoms with van der Waals surface area (Å²) in [7, 11) is -3.41. The number of nitrogens with two attached hydrogens (primary N) is 1. The number of nitrogens with zero attached hydrogens (tertiary/aromatic N) is 1. The van der Waals surface area contributed by atoms with Crippen LogP contribution in [-0.2, 0) is 19.6 Å². The van der Waals surface area contributed by atoms with Crippen LogP contribution >= 0.6 is 0 Å². The molecule has 7 nitrogen and oxygen atoms in total. The number of hydrogen-bond acceptors (Lipinski definition) is 5. The Labute approximate surface area is 143 Å². The van der Waals surface area contributed by atoms with E-state index in [1.165, 1.54) is 10.4 Å². The van der Waals surface area contributed by atoms with E-state index in [0.29, 0.717) is 32.0 Å². The lowest BCUT2D eigenvalue weighted by atomic mass is 9.93. The summed E-state index contributed by atoms with van der Waals surface area (Å²) in [5.74, 6) is -0.725. The summed E-state index contributed by atoms with van der Waals surface area (Å²) in [6.07, 6.45) is 0.243. The van der Waals surface area contributed by atoms with E-state index in [4.69, 9.17) is 15.6 Å². The van der Waals surface area contributed by atoms with Gasteiger partial charge in [0, 0.05) is 18.8 Å². The molecule has 0 bridgehead atoms. The van der Waals surface area contributed by atoms with Gasteiger partial charge in [-0.1, -0.05) is 26.8 Å². The molecule has 0 aromatic heterocycles. The van der Waals surface area contributed by atoms with E-state index in [9.17, 15) is 13.2 Å². The van der Waals surface area contributed by atoms with E-state index in [1.54, 1.807) is 18.2 Å². The van der Waals surface area contributed by atoms with Crippen molar-refractivity contribution in [3.63, 3.8) is 0 Å². The maximum absolute atomic E-state index is 12.2. The summed E-state index contributed by atoms with van der Waals surface area (Å²) in [6.45, 7) is 7.40. The number of hydrogen-bond donors (Lipinski definition) is 2. The lowest BCUT2D eigenvalue weighted by Gasteiger charge is -2.26. The SMILES string of the molecule is CC(C)(C)CC(=O)O.Nc1cccc(S(=O)(=O)N2CCOCC2)c1. The summed E-state index contributed by atoms with van der Waals surface area (Å²) in [4.78, 5) is 10.3. The number of carboxylic acid groups (broad SMARTS) is 1. The van der Waals surface area contributed by atoms with Crippen LogP contribution in [0.5, 0.6) is 0 Å². The van der Waals surface area contributed by atoms with Gasteiger partial charge in [-0.15, -0.1) is 0 Å². The fourth-order valence-electron chi connectivity index (χ4n) is 2.06. The summed E-state index contributed by atoms with van der Waals surface area (Å²) < 4.78 is 30.9. The highest BCUT2D eigenvalue weighted by molar-refractivity contribution is 7.89. The third kappa shape index (κ3) is 6.86. The number of sulfonamides is 1. The molecule has 2 rings (SSSR count). The monoisotopic (exact) mass is 358 g/mol. The highest BCUT2D eigenvalue weighted by Gasteiger charge is 2.26. The van der Waals surface area contributed by atoms with Gasteiger partial charge in [0.25, 0.3) is 0 Å². The Morgan fingerprint density at radius 2 is 1.88 bits per heavy atom. The topological polar surface area (TPSA) is 110 Å². The van der Waals surface area contributed by atoms with Gasteiger partial charge in [0.1, 0.15) is 0 Å². The smallest absolute Gasteiger partial charge is 0.303 e. The Balaban J connectivity index is 0.000000307. The quantitative estimate of drug-likeness (QED) is 0.797. The van der Waals surface area contributed by atoms with E-state index in [1.807, 2.05) is 20.8 Å². The van der Waals surface area contributed by atoms with Crippen LogP contribution in [0.2, 0.25) is 0 Å². The zero-order valence-electron chi connectivity index (χ0n) is 14.4. The molecule has 1 aliphatic rings. The van der Waals surface area contributed by atoms with Crippen molar-refractivity contribution in [2.75, 3.05) is 32.0 Å². The van der Waals surface area contributed by atoms with Gasteiger partial charge in [0.15, 0.2) is 0 Å². The number of morpholine rings is 1. The maximum Gasteiger partial charge on any atom is 0.303 e. The first-order chi connectivity index (χ1) is 11.0. The minimum atomic E-state index is -3.41. The molecule has 0 atom stereocenters. The Bertz CT molecular complexity index is 647. The second-order valence-corrected chi connectivity index (χ2v) is 8.66. The molecule has 3 N–H and O–H groups in total. The molecule has 1 saturated heterocycles. The van der Waals surface area contributed by atoms with E-state index < -0.39 is 16.0 Å². The third-order valence-corrected chi connectivity index (χ3v) is 5.04. The zero-order valence-corrected chi connectivity index (χ0v) is 15.2. The van der Waals surface area contributed by atoms with Crippen LogP contribution in [0, 0.1) is 5.41 Å². The second kappa shape index (κ2) is 8.46. The van der Waals surface area contributed by atoms with E-state index in [-0.39, 0.29) is 16.7 Å². The Kier molecular flexibility index (Phi) is 7.19. The average molecular weight is 358 g/mol. The van der Waals surface area contributed by atoms with Crippen molar-refractivity contribution in [2.45, 2.75) is 32.1 Å². The standard InChI is InChI=1S/C10H14N2O3S.C6H12O2/c11-9-2-1-3-10(8-9)16(13,14)12-4-6-15-7-5-12;1-6(2,3)4-5(7)8/h1-3,8H,4-7,11H2;4H2,1-3H3,(H,7,8). The molecule has 1 heterocycles. The normalized spacial score (nSPS) is 16.1. The van der Waals surface area contributed by atoms with Crippen molar-refractivity contribution >= 4 is 21.7 Å². The Hall–Kier alpha value is -1.64. The highest BCUT2D eigenvalue weighted by atomic mass is 32.2. The minimum absolute atomic E-state index is 0.0775. The van der Waals surface area contributed by atoms with E-state index in [0.717, 1.165) is 0 Å². The van der Waals surface area contributed by atoms with Crippen molar-refractivity contribution in [3.8, 4) is 0 Å². The summed E-state index contributed by atoms with van der Waals surface area (Å²) >= 11 is 0. The molecule has 1 aromatic carbocycles. The van der Waals surface area contributed by atoms with E-state index >= 15 is 0 Å². The fourth-order valence-corrected chi connectivity index (χ4v) is 3.53. The predicted octanol–water partition coefficient (Wildman–Crippen LogP) is 1.80. The average Bonchev–Trinajstić information content (AvgIpc) is 2.46. The van der Waals surface area contributed by atoms with Gasteiger partial charge in [0.05, 0.1) is 24.5 Å². The number of anilines is 1. The zero-order chi connectivity index (χ0) is 18.4.